The van der Waals surface area contributed by atoms with Crippen LogP contribution in [0.5, 0.6) is 5.75 Å². The summed E-state index contributed by atoms with van der Waals surface area (Å²) >= 11 is 0. The van der Waals surface area contributed by atoms with Gasteiger partial charge in [0.1, 0.15) is 24.6 Å². The monoisotopic (exact) mass is 477 g/mol. The molecule has 182 valence electrons. The number of benzene rings is 3. The molecule has 3 aromatic rings. The molecule has 2 unspecified atom stereocenters. The van der Waals surface area contributed by atoms with Crippen molar-refractivity contribution in [3.05, 3.63) is 89.0 Å². The van der Waals surface area contributed by atoms with Crippen LogP contribution in [0.3, 0.4) is 0 Å². The highest BCUT2D eigenvalue weighted by atomic mass is 16.5. The van der Waals surface area contributed by atoms with Gasteiger partial charge in [0.2, 0.25) is 0 Å². The van der Waals surface area contributed by atoms with Crippen LogP contribution < -0.4 is 10.1 Å². The highest BCUT2D eigenvalue weighted by Gasteiger charge is 2.29. The molecule has 0 radical (unpaired) electrons. The van der Waals surface area contributed by atoms with Gasteiger partial charge in [0, 0.05) is 18.0 Å². The summed E-state index contributed by atoms with van der Waals surface area (Å²) in [6.07, 6.45) is -3.68. The Morgan fingerprint density at radius 2 is 1.60 bits per heavy atom. The van der Waals surface area contributed by atoms with Gasteiger partial charge in [-0.2, -0.15) is 0 Å². The van der Waals surface area contributed by atoms with Crippen molar-refractivity contribution in [3.8, 4) is 16.9 Å². The lowest BCUT2D eigenvalue weighted by atomic mass is 9.98. The van der Waals surface area contributed by atoms with Gasteiger partial charge in [0.25, 0.3) is 0 Å². The van der Waals surface area contributed by atoms with E-state index in [0.29, 0.717) is 16.9 Å². The van der Waals surface area contributed by atoms with Crippen molar-refractivity contribution in [1.82, 2.24) is 5.32 Å². The molecule has 0 heterocycles. The second-order valence-corrected chi connectivity index (χ2v) is 8.36. The first kappa shape index (κ1) is 24.3. The van der Waals surface area contributed by atoms with E-state index in [1.165, 1.54) is 25.3 Å². The number of hydrogen-bond donors (Lipinski definition) is 4. The van der Waals surface area contributed by atoms with Crippen LogP contribution in [0.2, 0.25) is 0 Å². The van der Waals surface area contributed by atoms with E-state index in [1.807, 2.05) is 48.5 Å². The zero-order valence-corrected chi connectivity index (χ0v) is 19.2. The van der Waals surface area contributed by atoms with E-state index in [0.717, 1.165) is 22.3 Å². The standard InChI is InChI=1S/C27H27NO7/c1-34-24-11-10-16(12-17(24)13-25(30)31)26(32)23(29)14-28-27(33)35-15-22-20-8-4-2-6-18(20)19-7-3-5-9-21(19)22/h2-12,22-23,26,29,32H,13-15H2,1H3,(H,28,33)(H,30,31). The predicted molar refractivity (Wildman–Crippen MR) is 128 cm³/mol. The van der Waals surface area contributed by atoms with E-state index in [1.54, 1.807) is 0 Å². The Bertz CT molecular complexity index is 1180. The molecule has 8 heteroatoms. The van der Waals surface area contributed by atoms with E-state index in [-0.39, 0.29) is 25.5 Å². The molecular weight excluding hydrogens is 450 g/mol. The largest absolute Gasteiger partial charge is 0.496 e. The molecule has 0 aliphatic heterocycles. The molecule has 3 aromatic carbocycles. The number of nitrogens with one attached hydrogen (secondary N) is 1. The Labute approximate surface area is 202 Å². The van der Waals surface area contributed by atoms with Crippen molar-refractivity contribution in [2.24, 2.45) is 0 Å². The Balaban J connectivity index is 1.34. The Hall–Kier alpha value is -3.88. The van der Waals surface area contributed by atoms with E-state index < -0.39 is 24.3 Å². The van der Waals surface area contributed by atoms with Gasteiger partial charge in [-0.05, 0) is 39.9 Å². The Morgan fingerprint density at radius 1 is 0.971 bits per heavy atom. The Morgan fingerprint density at radius 3 is 2.20 bits per heavy atom. The molecule has 0 bridgehead atoms. The van der Waals surface area contributed by atoms with Crippen LogP contribution in [0, 0.1) is 0 Å². The van der Waals surface area contributed by atoms with Gasteiger partial charge in [-0.15, -0.1) is 0 Å². The normalized spacial score (nSPS) is 13.9. The number of ether oxygens (including phenoxy) is 2. The number of aliphatic hydroxyl groups excluding tert-OH is 2. The van der Waals surface area contributed by atoms with Crippen molar-refractivity contribution in [2.75, 3.05) is 20.3 Å². The minimum atomic E-state index is -1.35. The molecule has 0 saturated carbocycles. The molecule has 1 aliphatic rings. The highest BCUT2D eigenvalue weighted by Crippen LogP contribution is 2.44. The quantitative estimate of drug-likeness (QED) is 0.373. The predicted octanol–water partition coefficient (Wildman–Crippen LogP) is 3.26. The summed E-state index contributed by atoms with van der Waals surface area (Å²) in [5.41, 5.74) is 5.11. The third-order valence-corrected chi connectivity index (χ3v) is 6.15. The van der Waals surface area contributed by atoms with Crippen LogP contribution in [-0.2, 0) is 16.0 Å². The molecule has 0 aromatic heterocycles. The number of amides is 1. The topological polar surface area (TPSA) is 125 Å². The first-order valence-electron chi connectivity index (χ1n) is 11.2. The molecule has 8 nitrogen and oxygen atoms in total. The number of carboxylic acids is 1. The molecule has 35 heavy (non-hydrogen) atoms. The van der Waals surface area contributed by atoms with Gasteiger partial charge in [0.05, 0.1) is 13.5 Å². The first-order valence-corrected chi connectivity index (χ1v) is 11.2. The first-order chi connectivity index (χ1) is 16.9. The number of methoxy groups -OCH3 is 1. The van der Waals surface area contributed by atoms with Gasteiger partial charge in [0.15, 0.2) is 0 Å². The maximum absolute atomic E-state index is 12.3. The fraction of sp³-hybridized carbons (Fsp3) is 0.259. The number of rotatable bonds is 9. The zero-order chi connectivity index (χ0) is 24.9. The zero-order valence-electron chi connectivity index (χ0n) is 19.2. The molecule has 1 aliphatic carbocycles. The fourth-order valence-corrected chi connectivity index (χ4v) is 4.45. The lowest BCUT2D eigenvalue weighted by molar-refractivity contribution is -0.136. The minimum Gasteiger partial charge on any atom is -0.496 e. The molecule has 0 spiro atoms. The van der Waals surface area contributed by atoms with Gasteiger partial charge in [-0.1, -0.05) is 54.6 Å². The summed E-state index contributed by atoms with van der Waals surface area (Å²) in [5.74, 6) is -0.766. The smallest absolute Gasteiger partial charge is 0.407 e. The van der Waals surface area contributed by atoms with Gasteiger partial charge in [-0.3, -0.25) is 4.79 Å². The Kier molecular flexibility index (Phi) is 7.33. The van der Waals surface area contributed by atoms with Crippen LogP contribution in [0.1, 0.15) is 34.3 Å². The number of hydrogen-bond acceptors (Lipinski definition) is 6. The summed E-state index contributed by atoms with van der Waals surface area (Å²) < 4.78 is 10.6. The number of carboxylic acid groups (broad SMARTS) is 1. The summed E-state index contributed by atoms with van der Waals surface area (Å²) in [6, 6.07) is 20.5. The molecular formula is C27H27NO7. The third kappa shape index (κ3) is 5.29. The second-order valence-electron chi connectivity index (χ2n) is 8.36. The number of fused-ring (bicyclic) bond motifs is 3. The highest BCUT2D eigenvalue weighted by molar-refractivity contribution is 5.79. The van der Waals surface area contributed by atoms with Crippen LogP contribution in [0.4, 0.5) is 4.79 Å². The summed E-state index contributed by atoms with van der Waals surface area (Å²) in [6.45, 7) is -0.117. The van der Waals surface area contributed by atoms with E-state index >= 15 is 0 Å². The SMILES string of the molecule is COc1ccc(C(O)C(O)CNC(=O)OCC2c3ccccc3-c3ccccc32)cc1CC(=O)O. The molecule has 4 N–H and O–H groups in total. The molecule has 4 rings (SSSR count). The van der Waals surface area contributed by atoms with Crippen molar-refractivity contribution in [2.45, 2.75) is 24.5 Å². The van der Waals surface area contributed by atoms with E-state index in [2.05, 4.69) is 5.32 Å². The second kappa shape index (κ2) is 10.6. The number of carbonyl (C=O) groups excluding carboxylic acids is 1. The van der Waals surface area contributed by atoms with Gasteiger partial charge >= 0.3 is 12.1 Å². The van der Waals surface area contributed by atoms with Crippen LogP contribution in [0.15, 0.2) is 66.7 Å². The van der Waals surface area contributed by atoms with Gasteiger partial charge < -0.3 is 30.1 Å². The third-order valence-electron chi connectivity index (χ3n) is 6.15. The minimum absolute atomic E-state index is 0.0874. The number of aliphatic carboxylic acids is 1. The van der Waals surface area contributed by atoms with Crippen molar-refractivity contribution in [3.63, 3.8) is 0 Å². The molecule has 0 saturated heterocycles. The summed E-state index contributed by atoms with van der Waals surface area (Å²) in [7, 11) is 1.42. The number of carbonyl (C=O) groups is 2. The summed E-state index contributed by atoms with van der Waals surface area (Å²) in [4.78, 5) is 23.4. The average molecular weight is 478 g/mol. The van der Waals surface area contributed by atoms with Crippen molar-refractivity contribution < 1.29 is 34.4 Å². The van der Waals surface area contributed by atoms with Crippen LogP contribution in [-0.4, -0.2) is 53.7 Å². The molecule has 0 fully saturated rings. The van der Waals surface area contributed by atoms with Crippen molar-refractivity contribution >= 4 is 12.1 Å². The lowest BCUT2D eigenvalue weighted by Crippen LogP contribution is -2.36. The van der Waals surface area contributed by atoms with E-state index in [4.69, 9.17) is 14.6 Å². The average Bonchev–Trinajstić information content (AvgIpc) is 3.19. The molecule has 1 amide bonds. The maximum Gasteiger partial charge on any atom is 0.407 e. The molecule has 2 atom stereocenters. The van der Waals surface area contributed by atoms with Gasteiger partial charge in [-0.25, -0.2) is 4.79 Å². The van der Waals surface area contributed by atoms with E-state index in [9.17, 15) is 19.8 Å². The summed E-state index contributed by atoms with van der Waals surface area (Å²) in [5, 5.41) is 32.5. The number of alkyl carbamates (subject to hydrolysis) is 1. The van der Waals surface area contributed by atoms with Crippen LogP contribution >= 0.6 is 0 Å². The van der Waals surface area contributed by atoms with Crippen molar-refractivity contribution in [1.29, 1.82) is 0 Å². The van der Waals surface area contributed by atoms with Crippen LogP contribution in [0.25, 0.3) is 11.1 Å². The maximum atomic E-state index is 12.3. The fourth-order valence-electron chi connectivity index (χ4n) is 4.45. The number of aliphatic hydroxyl groups is 2. The lowest BCUT2D eigenvalue weighted by Gasteiger charge is -2.20.